The molecule has 0 heterocycles. The first-order valence-electron chi connectivity index (χ1n) is 4.85. The van der Waals surface area contributed by atoms with Gasteiger partial charge in [0.2, 0.25) is 0 Å². The van der Waals surface area contributed by atoms with Crippen molar-refractivity contribution < 1.29 is 5.11 Å². The third-order valence-electron chi connectivity index (χ3n) is 2.85. The van der Waals surface area contributed by atoms with E-state index in [0.717, 1.165) is 18.8 Å². The molecular formula is C11H18O. The van der Waals surface area contributed by atoms with Crippen LogP contribution in [0.15, 0.2) is 0 Å². The Morgan fingerprint density at radius 1 is 1.58 bits per heavy atom. The highest BCUT2D eigenvalue weighted by molar-refractivity contribution is 4.90. The van der Waals surface area contributed by atoms with Crippen LogP contribution in [0.25, 0.3) is 0 Å². The minimum Gasteiger partial charge on any atom is -0.392 e. The highest BCUT2D eigenvalue weighted by Gasteiger charge is 2.24. The van der Waals surface area contributed by atoms with Gasteiger partial charge in [0.05, 0.1) is 6.10 Å². The Kier molecular flexibility index (Phi) is 3.62. The maximum absolute atomic E-state index is 9.65. The molecule has 3 unspecified atom stereocenters. The standard InChI is InChI=1S/C11H18O/c1-3-5-11(12)10-7-4-6-9(2)8-10/h1,9-12H,4-8H2,2H3. The Morgan fingerprint density at radius 2 is 2.33 bits per heavy atom. The molecule has 0 bridgehead atoms. The second-order valence-corrected chi connectivity index (χ2v) is 4.01. The Hall–Kier alpha value is -0.480. The summed E-state index contributed by atoms with van der Waals surface area (Å²) in [6.07, 6.45) is 10.3. The van der Waals surface area contributed by atoms with Gasteiger partial charge >= 0.3 is 0 Å². The van der Waals surface area contributed by atoms with E-state index in [-0.39, 0.29) is 6.10 Å². The molecule has 68 valence electrons. The molecule has 1 aliphatic carbocycles. The second kappa shape index (κ2) is 4.52. The summed E-state index contributed by atoms with van der Waals surface area (Å²) in [6, 6.07) is 0. The number of terminal acetylenes is 1. The van der Waals surface area contributed by atoms with Crippen LogP contribution in [0.4, 0.5) is 0 Å². The molecule has 0 amide bonds. The fraction of sp³-hybridized carbons (Fsp3) is 0.818. The van der Waals surface area contributed by atoms with Gasteiger partial charge in [0.25, 0.3) is 0 Å². The van der Waals surface area contributed by atoms with E-state index in [1.54, 1.807) is 0 Å². The maximum Gasteiger partial charge on any atom is 0.0677 e. The highest BCUT2D eigenvalue weighted by atomic mass is 16.3. The van der Waals surface area contributed by atoms with Crippen LogP contribution in [0.3, 0.4) is 0 Å². The van der Waals surface area contributed by atoms with Crippen molar-refractivity contribution in [3.05, 3.63) is 0 Å². The number of aliphatic hydroxyl groups is 1. The van der Waals surface area contributed by atoms with E-state index in [0.29, 0.717) is 12.3 Å². The van der Waals surface area contributed by atoms with E-state index in [1.807, 2.05) is 0 Å². The van der Waals surface area contributed by atoms with Crippen LogP contribution in [0, 0.1) is 24.2 Å². The van der Waals surface area contributed by atoms with Crippen molar-refractivity contribution in [1.82, 2.24) is 0 Å². The molecule has 0 radical (unpaired) electrons. The van der Waals surface area contributed by atoms with E-state index in [9.17, 15) is 5.11 Å². The van der Waals surface area contributed by atoms with Crippen LogP contribution in [0.1, 0.15) is 39.0 Å². The second-order valence-electron chi connectivity index (χ2n) is 4.01. The summed E-state index contributed by atoms with van der Waals surface area (Å²) in [4.78, 5) is 0. The predicted octanol–water partition coefficient (Wildman–Crippen LogP) is 2.20. The van der Waals surface area contributed by atoms with Gasteiger partial charge in [0.1, 0.15) is 0 Å². The van der Waals surface area contributed by atoms with Crippen LogP contribution in [-0.2, 0) is 0 Å². The maximum atomic E-state index is 9.65. The van der Waals surface area contributed by atoms with E-state index >= 15 is 0 Å². The summed E-state index contributed by atoms with van der Waals surface area (Å²) in [5, 5.41) is 9.65. The van der Waals surface area contributed by atoms with Gasteiger partial charge < -0.3 is 5.11 Å². The molecule has 0 aromatic carbocycles. The van der Waals surface area contributed by atoms with Crippen LogP contribution in [0.2, 0.25) is 0 Å². The molecule has 1 nitrogen and oxygen atoms in total. The third-order valence-corrected chi connectivity index (χ3v) is 2.85. The van der Waals surface area contributed by atoms with Crippen LogP contribution in [0.5, 0.6) is 0 Å². The van der Waals surface area contributed by atoms with E-state index < -0.39 is 0 Å². The van der Waals surface area contributed by atoms with Crippen molar-refractivity contribution in [2.24, 2.45) is 11.8 Å². The van der Waals surface area contributed by atoms with Gasteiger partial charge in [-0.25, -0.2) is 0 Å². The number of hydrogen-bond acceptors (Lipinski definition) is 1. The Balaban J connectivity index is 2.35. The van der Waals surface area contributed by atoms with Crippen LogP contribution >= 0.6 is 0 Å². The lowest BCUT2D eigenvalue weighted by atomic mass is 9.79. The van der Waals surface area contributed by atoms with Gasteiger partial charge in [0.15, 0.2) is 0 Å². The lowest BCUT2D eigenvalue weighted by Gasteiger charge is -2.29. The molecular weight excluding hydrogens is 148 g/mol. The van der Waals surface area contributed by atoms with Crippen LogP contribution < -0.4 is 0 Å². The minimum absolute atomic E-state index is 0.252. The molecule has 0 spiro atoms. The molecule has 1 N–H and O–H groups in total. The van der Waals surface area contributed by atoms with Crippen molar-refractivity contribution >= 4 is 0 Å². The summed E-state index contributed by atoms with van der Waals surface area (Å²) in [7, 11) is 0. The smallest absolute Gasteiger partial charge is 0.0677 e. The molecule has 0 aromatic rings. The molecule has 0 aliphatic heterocycles. The fourth-order valence-corrected chi connectivity index (χ4v) is 2.12. The van der Waals surface area contributed by atoms with Gasteiger partial charge in [-0.1, -0.05) is 19.8 Å². The van der Waals surface area contributed by atoms with Gasteiger partial charge in [-0.05, 0) is 24.7 Å². The van der Waals surface area contributed by atoms with Crippen molar-refractivity contribution in [2.75, 3.05) is 0 Å². The zero-order valence-electron chi connectivity index (χ0n) is 7.79. The molecule has 1 rings (SSSR count). The molecule has 1 fully saturated rings. The van der Waals surface area contributed by atoms with Crippen LogP contribution in [-0.4, -0.2) is 11.2 Å². The first-order valence-corrected chi connectivity index (χ1v) is 4.85. The highest BCUT2D eigenvalue weighted by Crippen LogP contribution is 2.31. The predicted molar refractivity (Wildman–Crippen MR) is 50.6 cm³/mol. The monoisotopic (exact) mass is 166 g/mol. The van der Waals surface area contributed by atoms with Crippen molar-refractivity contribution in [2.45, 2.75) is 45.1 Å². The Morgan fingerprint density at radius 3 is 2.92 bits per heavy atom. The minimum atomic E-state index is -0.252. The first kappa shape index (κ1) is 9.61. The summed E-state index contributed by atoms with van der Waals surface area (Å²) in [5.41, 5.74) is 0. The average Bonchev–Trinajstić information content (AvgIpc) is 2.05. The Labute approximate surface area is 75.2 Å². The van der Waals surface area contributed by atoms with Gasteiger partial charge in [-0.2, -0.15) is 0 Å². The Bertz CT molecular complexity index is 168. The molecule has 3 atom stereocenters. The third kappa shape index (κ3) is 2.53. The number of rotatable bonds is 2. The van der Waals surface area contributed by atoms with Crippen molar-refractivity contribution in [3.63, 3.8) is 0 Å². The van der Waals surface area contributed by atoms with E-state index in [4.69, 9.17) is 6.42 Å². The number of hydrogen-bond donors (Lipinski definition) is 1. The molecule has 1 aliphatic rings. The number of aliphatic hydroxyl groups excluding tert-OH is 1. The van der Waals surface area contributed by atoms with E-state index in [1.165, 1.54) is 12.8 Å². The summed E-state index contributed by atoms with van der Waals surface area (Å²) < 4.78 is 0. The normalized spacial score (nSPS) is 32.4. The van der Waals surface area contributed by atoms with Crippen molar-refractivity contribution in [3.8, 4) is 12.3 Å². The largest absolute Gasteiger partial charge is 0.392 e. The first-order chi connectivity index (χ1) is 5.74. The zero-order chi connectivity index (χ0) is 8.97. The zero-order valence-corrected chi connectivity index (χ0v) is 7.79. The molecule has 12 heavy (non-hydrogen) atoms. The molecule has 1 saturated carbocycles. The average molecular weight is 166 g/mol. The van der Waals surface area contributed by atoms with Gasteiger partial charge in [-0.15, -0.1) is 12.3 Å². The quantitative estimate of drug-likeness (QED) is 0.623. The fourth-order valence-electron chi connectivity index (χ4n) is 2.12. The van der Waals surface area contributed by atoms with Crippen molar-refractivity contribution in [1.29, 1.82) is 0 Å². The van der Waals surface area contributed by atoms with Gasteiger partial charge in [0, 0.05) is 6.42 Å². The SMILES string of the molecule is C#CCC(O)C1CCCC(C)C1. The lowest BCUT2D eigenvalue weighted by molar-refractivity contribution is 0.0758. The topological polar surface area (TPSA) is 20.2 Å². The van der Waals surface area contributed by atoms with E-state index in [2.05, 4.69) is 12.8 Å². The summed E-state index contributed by atoms with van der Waals surface area (Å²) >= 11 is 0. The summed E-state index contributed by atoms with van der Waals surface area (Å²) in [6.45, 7) is 2.26. The summed E-state index contributed by atoms with van der Waals surface area (Å²) in [5.74, 6) is 3.77. The molecule has 0 saturated heterocycles. The molecule has 1 heteroatoms. The van der Waals surface area contributed by atoms with Gasteiger partial charge in [-0.3, -0.25) is 0 Å². The molecule has 0 aromatic heterocycles. The lowest BCUT2D eigenvalue weighted by Crippen LogP contribution is -2.25.